The fourth-order valence-electron chi connectivity index (χ4n) is 2.86. The standard InChI is InChI=1S/C16H18ClFN4O4S2/c1-26-6-5-22-14(15(23)20-10-2-3-12(18)11(17)8-10)9-13(21-28(22,24)25)16-19-4-7-27-16/h2-4,7-8,13-14,21H,5-6,9H2,1H3,(H,20,23). The molecule has 1 aromatic carbocycles. The third-order valence-electron chi connectivity index (χ3n) is 4.16. The molecule has 0 bridgehead atoms. The van der Waals surface area contributed by atoms with Gasteiger partial charge in [0.15, 0.2) is 0 Å². The number of methoxy groups -OCH3 is 1. The molecule has 2 N–H and O–H groups in total. The zero-order valence-corrected chi connectivity index (χ0v) is 17.2. The number of benzene rings is 1. The van der Waals surface area contributed by atoms with Gasteiger partial charge in [0.05, 0.1) is 17.7 Å². The topological polar surface area (TPSA) is 101 Å². The summed E-state index contributed by atoms with van der Waals surface area (Å²) in [6.45, 7) is 0.119. The minimum absolute atomic E-state index is 0.00131. The summed E-state index contributed by atoms with van der Waals surface area (Å²) in [6.07, 6.45) is 1.75. The first kappa shape index (κ1) is 21.1. The molecule has 1 saturated heterocycles. The van der Waals surface area contributed by atoms with E-state index in [4.69, 9.17) is 16.3 Å². The number of thiazole rings is 1. The lowest BCUT2D eigenvalue weighted by Crippen LogP contribution is -2.58. The summed E-state index contributed by atoms with van der Waals surface area (Å²) in [6, 6.07) is 2.11. The fourth-order valence-corrected chi connectivity index (χ4v) is 5.35. The van der Waals surface area contributed by atoms with Gasteiger partial charge in [-0.1, -0.05) is 11.6 Å². The van der Waals surface area contributed by atoms with Gasteiger partial charge >= 0.3 is 0 Å². The summed E-state index contributed by atoms with van der Waals surface area (Å²) in [5.41, 5.74) is 0.268. The Morgan fingerprint density at radius 3 is 2.96 bits per heavy atom. The highest BCUT2D eigenvalue weighted by atomic mass is 35.5. The van der Waals surface area contributed by atoms with Crippen molar-refractivity contribution in [3.05, 3.63) is 45.6 Å². The van der Waals surface area contributed by atoms with Gasteiger partial charge in [-0.15, -0.1) is 11.3 Å². The number of carbonyl (C=O) groups is 1. The molecule has 2 unspecified atom stereocenters. The number of nitrogens with one attached hydrogen (secondary N) is 2. The van der Waals surface area contributed by atoms with Crippen molar-refractivity contribution in [3.8, 4) is 0 Å². The van der Waals surface area contributed by atoms with Crippen LogP contribution < -0.4 is 10.0 Å². The quantitative estimate of drug-likeness (QED) is 0.705. The Hall–Kier alpha value is -1.63. The molecule has 1 amide bonds. The van der Waals surface area contributed by atoms with E-state index in [1.165, 1.54) is 30.6 Å². The first-order valence-corrected chi connectivity index (χ1v) is 10.9. The highest BCUT2D eigenvalue weighted by Gasteiger charge is 2.43. The average Bonchev–Trinajstić information content (AvgIpc) is 3.17. The van der Waals surface area contributed by atoms with Gasteiger partial charge in [-0.25, -0.2) is 9.37 Å². The summed E-state index contributed by atoms with van der Waals surface area (Å²) in [5.74, 6) is -1.17. The molecule has 2 aromatic rings. The summed E-state index contributed by atoms with van der Waals surface area (Å²) >= 11 is 7.05. The maximum absolute atomic E-state index is 13.3. The smallest absolute Gasteiger partial charge is 0.280 e. The van der Waals surface area contributed by atoms with E-state index in [0.717, 1.165) is 10.4 Å². The monoisotopic (exact) mass is 448 g/mol. The number of amides is 1. The van der Waals surface area contributed by atoms with Gasteiger partial charge in [0.1, 0.15) is 16.9 Å². The molecule has 1 fully saturated rings. The average molecular weight is 449 g/mol. The van der Waals surface area contributed by atoms with E-state index in [1.807, 2.05) is 0 Å². The first-order chi connectivity index (χ1) is 13.3. The molecule has 3 rings (SSSR count). The van der Waals surface area contributed by atoms with Crippen molar-refractivity contribution in [1.82, 2.24) is 14.0 Å². The summed E-state index contributed by atoms with van der Waals surface area (Å²) in [4.78, 5) is 17.0. The molecule has 28 heavy (non-hydrogen) atoms. The van der Waals surface area contributed by atoms with Gasteiger partial charge in [0.25, 0.3) is 10.2 Å². The van der Waals surface area contributed by atoms with Crippen molar-refractivity contribution in [2.75, 3.05) is 25.6 Å². The van der Waals surface area contributed by atoms with Crippen LogP contribution in [0, 0.1) is 5.82 Å². The van der Waals surface area contributed by atoms with Crippen LogP contribution in [0.3, 0.4) is 0 Å². The van der Waals surface area contributed by atoms with Crippen molar-refractivity contribution in [1.29, 1.82) is 0 Å². The molecule has 12 heteroatoms. The van der Waals surface area contributed by atoms with Crippen molar-refractivity contribution in [2.45, 2.75) is 18.5 Å². The van der Waals surface area contributed by atoms with E-state index in [1.54, 1.807) is 11.6 Å². The highest BCUT2D eigenvalue weighted by Crippen LogP contribution is 2.30. The predicted octanol–water partition coefficient (Wildman–Crippen LogP) is 2.17. The molecule has 8 nitrogen and oxygen atoms in total. The minimum atomic E-state index is -3.95. The number of hydrogen-bond donors (Lipinski definition) is 2. The van der Waals surface area contributed by atoms with Crippen LogP contribution >= 0.6 is 22.9 Å². The molecule has 0 radical (unpaired) electrons. The predicted molar refractivity (Wildman–Crippen MR) is 104 cm³/mol. The van der Waals surface area contributed by atoms with E-state index in [0.29, 0.717) is 5.01 Å². The third-order valence-corrected chi connectivity index (χ3v) is 6.98. The number of rotatable bonds is 6. The van der Waals surface area contributed by atoms with Gasteiger partial charge in [0.2, 0.25) is 5.91 Å². The summed E-state index contributed by atoms with van der Waals surface area (Å²) < 4.78 is 47.4. The Morgan fingerprint density at radius 2 is 2.32 bits per heavy atom. The molecule has 1 aromatic heterocycles. The van der Waals surface area contributed by atoms with E-state index >= 15 is 0 Å². The second kappa shape index (κ2) is 8.80. The normalized spacial score (nSPS) is 22.1. The number of carbonyl (C=O) groups excluding carboxylic acids is 1. The summed E-state index contributed by atoms with van der Waals surface area (Å²) in [5, 5.41) is 4.76. The van der Waals surface area contributed by atoms with Crippen LogP contribution in [-0.2, 0) is 19.7 Å². The van der Waals surface area contributed by atoms with E-state index in [2.05, 4.69) is 15.0 Å². The zero-order valence-electron chi connectivity index (χ0n) is 14.8. The van der Waals surface area contributed by atoms with Crippen LogP contribution in [0.15, 0.2) is 29.8 Å². The van der Waals surface area contributed by atoms with Crippen LogP contribution in [0.5, 0.6) is 0 Å². The third kappa shape index (κ3) is 4.67. The van der Waals surface area contributed by atoms with Crippen LogP contribution in [0.25, 0.3) is 0 Å². The van der Waals surface area contributed by atoms with Gasteiger partial charge < -0.3 is 10.1 Å². The molecule has 2 heterocycles. The van der Waals surface area contributed by atoms with Crippen molar-refractivity contribution >= 4 is 44.7 Å². The van der Waals surface area contributed by atoms with Crippen LogP contribution in [0.1, 0.15) is 17.5 Å². The zero-order chi connectivity index (χ0) is 20.3. The van der Waals surface area contributed by atoms with E-state index in [9.17, 15) is 17.6 Å². The Bertz CT molecular complexity index is 942. The van der Waals surface area contributed by atoms with E-state index < -0.39 is 34.0 Å². The number of aromatic nitrogens is 1. The molecule has 0 aliphatic carbocycles. The molecular formula is C16H18ClFN4O4S2. The van der Waals surface area contributed by atoms with E-state index in [-0.39, 0.29) is 30.3 Å². The maximum atomic E-state index is 13.3. The number of nitrogens with zero attached hydrogens (tertiary/aromatic N) is 2. The van der Waals surface area contributed by atoms with Gasteiger partial charge in [-0.2, -0.15) is 17.4 Å². The largest absolute Gasteiger partial charge is 0.383 e. The lowest BCUT2D eigenvalue weighted by atomic mass is 10.1. The Labute approximate surface area is 170 Å². The lowest BCUT2D eigenvalue weighted by Gasteiger charge is -2.37. The molecule has 0 saturated carbocycles. The molecule has 2 atom stereocenters. The SMILES string of the molecule is COCCN1C(C(=O)Nc2ccc(F)c(Cl)c2)CC(c2nccs2)NS1(=O)=O. The Kier molecular flexibility index (Phi) is 6.63. The molecule has 0 spiro atoms. The number of ether oxygens (including phenoxy) is 1. The summed E-state index contributed by atoms with van der Waals surface area (Å²) in [7, 11) is -2.51. The number of hydrogen-bond acceptors (Lipinski definition) is 6. The van der Waals surface area contributed by atoms with Crippen molar-refractivity contribution in [3.63, 3.8) is 0 Å². The molecule has 1 aliphatic heterocycles. The number of halogens is 2. The minimum Gasteiger partial charge on any atom is -0.383 e. The molecule has 152 valence electrons. The molecular weight excluding hydrogens is 431 g/mol. The number of anilines is 1. The second-order valence-corrected chi connectivity index (χ2v) is 9.01. The fraction of sp³-hybridized carbons (Fsp3) is 0.375. The molecule has 1 aliphatic rings. The first-order valence-electron chi connectivity index (χ1n) is 8.25. The van der Waals surface area contributed by atoms with Crippen LogP contribution in [0.2, 0.25) is 5.02 Å². The maximum Gasteiger partial charge on any atom is 0.280 e. The lowest BCUT2D eigenvalue weighted by molar-refractivity contribution is -0.120. The van der Waals surface area contributed by atoms with Gasteiger partial charge in [-0.3, -0.25) is 4.79 Å². The van der Waals surface area contributed by atoms with Gasteiger partial charge in [0, 0.05) is 30.9 Å². The van der Waals surface area contributed by atoms with Crippen molar-refractivity contribution in [2.24, 2.45) is 0 Å². The van der Waals surface area contributed by atoms with Gasteiger partial charge in [-0.05, 0) is 24.6 Å². The Balaban J connectivity index is 1.87. The Morgan fingerprint density at radius 1 is 1.54 bits per heavy atom. The van der Waals surface area contributed by atoms with Crippen molar-refractivity contribution < 1.29 is 22.3 Å². The highest BCUT2D eigenvalue weighted by molar-refractivity contribution is 7.87. The second-order valence-electron chi connectivity index (χ2n) is 6.02. The van der Waals surface area contributed by atoms with Crippen LogP contribution in [-0.4, -0.2) is 49.9 Å². The van der Waals surface area contributed by atoms with Crippen LogP contribution in [0.4, 0.5) is 10.1 Å².